The van der Waals surface area contributed by atoms with Crippen LogP contribution in [0.4, 0.5) is 0 Å². The average molecular weight is 238 g/mol. The van der Waals surface area contributed by atoms with Crippen LogP contribution in [0, 0.1) is 5.92 Å². The van der Waals surface area contributed by atoms with Crippen molar-refractivity contribution >= 4 is 0 Å². The molecular formula is C17H34. The minimum Gasteiger partial charge on any atom is -0.103 e. The smallest absolute Gasteiger partial charge is 0.0353 e. The van der Waals surface area contributed by atoms with Crippen molar-refractivity contribution in [2.24, 2.45) is 5.92 Å². The Morgan fingerprint density at radius 3 is 2.00 bits per heavy atom. The van der Waals surface area contributed by atoms with Gasteiger partial charge >= 0.3 is 0 Å². The van der Waals surface area contributed by atoms with Crippen molar-refractivity contribution < 1.29 is 0 Å². The Bertz CT molecular complexity index is 148. The second-order valence-electron chi connectivity index (χ2n) is 5.43. The maximum Gasteiger partial charge on any atom is -0.0353 e. The van der Waals surface area contributed by atoms with E-state index >= 15 is 0 Å². The van der Waals surface area contributed by atoms with Crippen molar-refractivity contribution in [3.63, 3.8) is 0 Å². The number of rotatable bonds is 13. The lowest BCUT2D eigenvalue weighted by molar-refractivity contribution is 0.379. The van der Waals surface area contributed by atoms with Crippen LogP contribution >= 0.6 is 0 Å². The molecule has 0 saturated carbocycles. The first-order valence-corrected chi connectivity index (χ1v) is 7.96. The zero-order valence-electron chi connectivity index (χ0n) is 12.3. The molecule has 102 valence electrons. The summed E-state index contributed by atoms with van der Waals surface area (Å²) in [5, 5.41) is 0. The van der Waals surface area contributed by atoms with Gasteiger partial charge in [-0.25, -0.2) is 0 Å². The number of hydrogen-bond acceptors (Lipinski definition) is 0. The average Bonchev–Trinajstić information content (AvgIpc) is 2.35. The quantitative estimate of drug-likeness (QED) is 0.253. The molecule has 0 rings (SSSR count). The highest BCUT2D eigenvalue weighted by Crippen LogP contribution is 2.22. The molecule has 17 heavy (non-hydrogen) atoms. The molecule has 0 fully saturated rings. The van der Waals surface area contributed by atoms with Crippen LogP contribution in [0.15, 0.2) is 12.7 Å². The Morgan fingerprint density at radius 1 is 0.765 bits per heavy atom. The summed E-state index contributed by atoms with van der Waals surface area (Å²) in [5.74, 6) is 0.997. The van der Waals surface area contributed by atoms with E-state index in [9.17, 15) is 0 Å². The van der Waals surface area contributed by atoms with Gasteiger partial charge in [-0.05, 0) is 18.8 Å². The summed E-state index contributed by atoms with van der Waals surface area (Å²) in [4.78, 5) is 0. The molecule has 0 spiro atoms. The lowest BCUT2D eigenvalue weighted by atomic mass is 9.90. The Morgan fingerprint density at radius 2 is 1.35 bits per heavy atom. The van der Waals surface area contributed by atoms with Gasteiger partial charge in [-0.3, -0.25) is 0 Å². The fraction of sp³-hybridized carbons (Fsp3) is 0.882. The molecule has 0 aromatic heterocycles. The van der Waals surface area contributed by atoms with Gasteiger partial charge in [0, 0.05) is 0 Å². The van der Waals surface area contributed by atoms with Crippen LogP contribution < -0.4 is 0 Å². The summed E-state index contributed by atoms with van der Waals surface area (Å²) in [5.41, 5.74) is 0. The van der Waals surface area contributed by atoms with Crippen molar-refractivity contribution in [2.45, 2.75) is 90.9 Å². The fourth-order valence-electron chi connectivity index (χ4n) is 2.51. The molecule has 1 unspecified atom stereocenters. The summed E-state index contributed by atoms with van der Waals surface area (Å²) < 4.78 is 0. The normalized spacial score (nSPS) is 12.6. The summed E-state index contributed by atoms with van der Waals surface area (Å²) in [6.07, 6.45) is 18.9. The molecule has 0 aliphatic heterocycles. The van der Waals surface area contributed by atoms with Crippen LogP contribution in [0.3, 0.4) is 0 Å². The second kappa shape index (κ2) is 13.8. The van der Waals surface area contributed by atoms with Crippen LogP contribution in [0.2, 0.25) is 0 Å². The van der Waals surface area contributed by atoms with Crippen molar-refractivity contribution in [3.8, 4) is 0 Å². The largest absolute Gasteiger partial charge is 0.103 e. The summed E-state index contributed by atoms with van der Waals surface area (Å²) >= 11 is 0. The molecule has 0 saturated heterocycles. The molecule has 0 bridgehead atoms. The molecule has 0 radical (unpaired) electrons. The molecule has 0 N–H and O–H groups in total. The van der Waals surface area contributed by atoms with E-state index in [0.29, 0.717) is 0 Å². The first-order chi connectivity index (χ1) is 8.35. The van der Waals surface area contributed by atoms with E-state index in [2.05, 4.69) is 26.5 Å². The zero-order chi connectivity index (χ0) is 12.8. The van der Waals surface area contributed by atoms with Gasteiger partial charge in [0.25, 0.3) is 0 Å². The van der Waals surface area contributed by atoms with Gasteiger partial charge in [0.2, 0.25) is 0 Å². The third kappa shape index (κ3) is 12.0. The van der Waals surface area contributed by atoms with E-state index in [-0.39, 0.29) is 0 Å². The van der Waals surface area contributed by atoms with Crippen molar-refractivity contribution in [1.29, 1.82) is 0 Å². The predicted octanol–water partition coefficient (Wildman–Crippen LogP) is 6.51. The Balaban J connectivity index is 3.56. The summed E-state index contributed by atoms with van der Waals surface area (Å²) in [6.45, 7) is 8.41. The molecule has 0 aliphatic carbocycles. The lowest BCUT2D eigenvalue weighted by Crippen LogP contribution is -2.01. The monoisotopic (exact) mass is 238 g/mol. The van der Waals surface area contributed by atoms with Crippen molar-refractivity contribution in [2.75, 3.05) is 0 Å². The highest BCUT2D eigenvalue weighted by molar-refractivity contribution is 4.68. The number of hydrogen-bond donors (Lipinski definition) is 0. The van der Waals surface area contributed by atoms with Gasteiger partial charge in [0.15, 0.2) is 0 Å². The molecular weight excluding hydrogens is 204 g/mol. The minimum atomic E-state index is 0.997. The Hall–Kier alpha value is -0.260. The minimum absolute atomic E-state index is 0.997. The maximum atomic E-state index is 3.82. The van der Waals surface area contributed by atoms with Gasteiger partial charge in [-0.1, -0.05) is 84.1 Å². The van der Waals surface area contributed by atoms with Crippen LogP contribution in [0.1, 0.15) is 90.9 Å². The Kier molecular flexibility index (Phi) is 13.6. The number of unbranched alkanes of at least 4 members (excludes halogenated alkanes) is 6. The van der Waals surface area contributed by atoms with Crippen LogP contribution in [0.25, 0.3) is 0 Å². The lowest BCUT2D eigenvalue weighted by Gasteiger charge is -2.16. The van der Waals surface area contributed by atoms with Gasteiger partial charge in [-0.2, -0.15) is 0 Å². The van der Waals surface area contributed by atoms with E-state index < -0.39 is 0 Å². The molecule has 0 aromatic carbocycles. The van der Waals surface area contributed by atoms with E-state index in [1.165, 1.54) is 77.0 Å². The Labute approximate surface area is 110 Å². The molecule has 0 heteroatoms. The highest BCUT2D eigenvalue weighted by atomic mass is 14.1. The first kappa shape index (κ1) is 16.7. The topological polar surface area (TPSA) is 0 Å². The molecule has 0 aliphatic rings. The van der Waals surface area contributed by atoms with Crippen molar-refractivity contribution in [3.05, 3.63) is 12.7 Å². The van der Waals surface area contributed by atoms with Gasteiger partial charge in [-0.15, -0.1) is 6.58 Å². The summed E-state index contributed by atoms with van der Waals surface area (Å²) in [7, 11) is 0. The van der Waals surface area contributed by atoms with Gasteiger partial charge < -0.3 is 0 Å². The molecule has 1 atom stereocenters. The second-order valence-corrected chi connectivity index (χ2v) is 5.43. The SMILES string of the molecule is C=CCCCC(CCCC)CCCCCCC. The zero-order valence-corrected chi connectivity index (χ0v) is 12.3. The standard InChI is InChI=1S/C17H34/c1-4-7-10-11-13-16-17(14-9-6-3)15-12-8-5-2/h5,17H,2,4,6-16H2,1,3H3. The van der Waals surface area contributed by atoms with E-state index in [4.69, 9.17) is 0 Å². The third-order valence-corrected chi connectivity index (χ3v) is 3.70. The van der Waals surface area contributed by atoms with Gasteiger partial charge in [0.05, 0.1) is 0 Å². The molecule has 0 nitrogen and oxygen atoms in total. The van der Waals surface area contributed by atoms with E-state index in [0.717, 1.165) is 5.92 Å². The molecule has 0 amide bonds. The van der Waals surface area contributed by atoms with Crippen LogP contribution in [-0.4, -0.2) is 0 Å². The van der Waals surface area contributed by atoms with Crippen molar-refractivity contribution in [1.82, 2.24) is 0 Å². The number of allylic oxidation sites excluding steroid dienone is 1. The van der Waals surface area contributed by atoms with E-state index in [1.807, 2.05) is 0 Å². The predicted molar refractivity (Wildman–Crippen MR) is 80.4 cm³/mol. The van der Waals surface area contributed by atoms with Gasteiger partial charge in [0.1, 0.15) is 0 Å². The fourth-order valence-corrected chi connectivity index (χ4v) is 2.51. The highest BCUT2D eigenvalue weighted by Gasteiger charge is 2.07. The first-order valence-electron chi connectivity index (χ1n) is 7.96. The maximum absolute atomic E-state index is 3.82. The van der Waals surface area contributed by atoms with Crippen LogP contribution in [-0.2, 0) is 0 Å². The van der Waals surface area contributed by atoms with E-state index in [1.54, 1.807) is 0 Å². The molecule has 0 heterocycles. The molecule has 0 aromatic rings. The third-order valence-electron chi connectivity index (χ3n) is 3.70. The summed E-state index contributed by atoms with van der Waals surface area (Å²) in [6, 6.07) is 0. The van der Waals surface area contributed by atoms with Crippen LogP contribution in [0.5, 0.6) is 0 Å².